The monoisotopic (exact) mass is 277 g/mol. The lowest BCUT2D eigenvalue weighted by atomic mass is 9.85. The van der Waals surface area contributed by atoms with Crippen LogP contribution in [0.3, 0.4) is 0 Å². The van der Waals surface area contributed by atoms with Crippen molar-refractivity contribution >= 4 is 21.6 Å². The van der Waals surface area contributed by atoms with E-state index in [1.165, 1.54) is 6.20 Å². The minimum Gasteiger partial charge on any atom is -0.332 e. The number of H-pyrrole nitrogens is 1. The van der Waals surface area contributed by atoms with Crippen LogP contribution in [0.15, 0.2) is 11.2 Å². The smallest absolute Gasteiger partial charge is 0.257 e. The number of nitrogens with zero attached hydrogens (tertiary/aromatic N) is 1. The summed E-state index contributed by atoms with van der Waals surface area (Å²) in [5.74, 6) is 1.04. The van der Waals surface area contributed by atoms with E-state index in [-0.39, 0.29) is 10.4 Å². The maximum absolute atomic E-state index is 11.9. The summed E-state index contributed by atoms with van der Waals surface area (Å²) in [7, 11) is -3.45. The van der Waals surface area contributed by atoms with E-state index >= 15 is 0 Å². The van der Waals surface area contributed by atoms with E-state index < -0.39 is 10.0 Å². The summed E-state index contributed by atoms with van der Waals surface area (Å²) in [4.78, 5) is 6.76. The van der Waals surface area contributed by atoms with Gasteiger partial charge in [0.2, 0.25) is 0 Å². The molecule has 1 aromatic rings. The fourth-order valence-corrected chi connectivity index (χ4v) is 3.34. The highest BCUT2D eigenvalue weighted by atomic mass is 35.5. The van der Waals surface area contributed by atoms with Crippen molar-refractivity contribution in [1.29, 1.82) is 0 Å². The van der Waals surface area contributed by atoms with Gasteiger partial charge in [0.25, 0.3) is 10.0 Å². The molecular weight excluding hydrogens is 262 g/mol. The Labute approximate surface area is 106 Å². The first kappa shape index (κ1) is 12.9. The normalized spacial score (nSPS) is 24.6. The van der Waals surface area contributed by atoms with Crippen molar-refractivity contribution in [1.82, 2.24) is 14.7 Å². The number of sulfonamides is 1. The first-order valence-electron chi connectivity index (χ1n) is 5.69. The molecule has 0 unspecified atom stereocenters. The Bertz CT molecular complexity index is 479. The van der Waals surface area contributed by atoms with Gasteiger partial charge >= 0.3 is 0 Å². The summed E-state index contributed by atoms with van der Waals surface area (Å²) in [6, 6.07) is 0. The zero-order valence-electron chi connectivity index (χ0n) is 9.61. The molecule has 1 saturated carbocycles. The van der Waals surface area contributed by atoms with E-state index in [1.807, 2.05) is 6.92 Å². The third-order valence-electron chi connectivity index (χ3n) is 2.97. The fraction of sp³-hybridized carbons (Fsp3) is 0.700. The van der Waals surface area contributed by atoms with Gasteiger partial charge in [-0.3, -0.25) is 0 Å². The fourth-order valence-electron chi connectivity index (χ4n) is 1.79. The summed E-state index contributed by atoms with van der Waals surface area (Å²) < 4.78 is 26.3. The number of alkyl halides is 1. The highest BCUT2D eigenvalue weighted by Crippen LogP contribution is 2.31. The van der Waals surface area contributed by atoms with Crippen molar-refractivity contribution in [2.45, 2.75) is 36.6 Å². The number of halogens is 1. The van der Waals surface area contributed by atoms with Crippen molar-refractivity contribution in [3.05, 3.63) is 12.0 Å². The van der Waals surface area contributed by atoms with Crippen molar-refractivity contribution in [2.75, 3.05) is 6.54 Å². The molecule has 0 spiro atoms. The van der Waals surface area contributed by atoms with Crippen LogP contribution in [0.5, 0.6) is 0 Å². The van der Waals surface area contributed by atoms with Gasteiger partial charge in [0.05, 0.1) is 6.20 Å². The molecule has 0 aliphatic heterocycles. The Morgan fingerprint density at radius 2 is 2.29 bits per heavy atom. The van der Waals surface area contributed by atoms with Crippen LogP contribution in [0.2, 0.25) is 0 Å². The average Bonchev–Trinajstić information content (AvgIpc) is 2.72. The molecule has 17 heavy (non-hydrogen) atoms. The third-order valence-corrected chi connectivity index (χ3v) is 4.66. The number of nitrogens with one attached hydrogen (secondary N) is 2. The maximum Gasteiger partial charge on any atom is 0.257 e. The summed E-state index contributed by atoms with van der Waals surface area (Å²) in [6.45, 7) is 2.36. The molecule has 0 saturated heterocycles. The van der Waals surface area contributed by atoms with Crippen LogP contribution in [0, 0.1) is 5.92 Å². The summed E-state index contributed by atoms with van der Waals surface area (Å²) in [5, 5.41) is 0.347. The van der Waals surface area contributed by atoms with Gasteiger partial charge < -0.3 is 4.98 Å². The maximum atomic E-state index is 11.9. The summed E-state index contributed by atoms with van der Waals surface area (Å²) >= 11 is 5.84. The molecule has 0 radical (unpaired) electrons. The van der Waals surface area contributed by atoms with E-state index in [4.69, 9.17) is 11.6 Å². The second-order valence-electron chi connectivity index (χ2n) is 4.33. The molecule has 0 bridgehead atoms. The Balaban J connectivity index is 1.94. The lowest BCUT2D eigenvalue weighted by Crippen LogP contribution is -2.36. The molecule has 0 amide bonds. The van der Waals surface area contributed by atoms with Gasteiger partial charge in [-0.25, -0.2) is 18.1 Å². The molecule has 1 aliphatic carbocycles. The average molecular weight is 278 g/mol. The van der Waals surface area contributed by atoms with Gasteiger partial charge in [-0.05, 0) is 18.8 Å². The van der Waals surface area contributed by atoms with Crippen LogP contribution in [-0.2, 0) is 16.4 Å². The third kappa shape index (κ3) is 3.00. The van der Waals surface area contributed by atoms with Crippen LogP contribution in [0.1, 0.15) is 25.6 Å². The first-order chi connectivity index (χ1) is 8.01. The molecule has 5 nitrogen and oxygen atoms in total. The number of imidazole rings is 1. The molecule has 1 heterocycles. The van der Waals surface area contributed by atoms with Crippen molar-refractivity contribution in [2.24, 2.45) is 5.92 Å². The molecule has 7 heteroatoms. The zero-order valence-corrected chi connectivity index (χ0v) is 11.2. The lowest BCUT2D eigenvalue weighted by molar-refractivity contribution is 0.323. The SMILES string of the molecule is CCc1ncc(S(=O)(=O)NCC2CC(Cl)C2)[nH]1. The van der Waals surface area contributed by atoms with Gasteiger partial charge in [0, 0.05) is 18.3 Å². The molecule has 2 rings (SSSR count). The molecule has 1 aromatic heterocycles. The van der Waals surface area contributed by atoms with E-state index in [2.05, 4.69) is 14.7 Å². The van der Waals surface area contributed by atoms with Gasteiger partial charge in [-0.1, -0.05) is 6.92 Å². The standard InChI is InChI=1S/C10H16ClN3O2S/c1-2-9-12-6-10(14-9)17(15,16)13-5-7-3-8(11)4-7/h6-8,13H,2-5H2,1H3,(H,12,14). The molecule has 1 aliphatic rings. The molecule has 0 atom stereocenters. The first-order valence-corrected chi connectivity index (χ1v) is 7.61. The summed E-state index contributed by atoms with van der Waals surface area (Å²) in [5.41, 5.74) is 0. The number of hydrogen-bond donors (Lipinski definition) is 2. The predicted molar refractivity (Wildman–Crippen MR) is 65.5 cm³/mol. The van der Waals surface area contributed by atoms with Crippen LogP contribution in [-0.4, -0.2) is 30.3 Å². The van der Waals surface area contributed by atoms with Gasteiger partial charge in [-0.15, -0.1) is 11.6 Å². The molecule has 1 fully saturated rings. The Morgan fingerprint density at radius 3 is 2.82 bits per heavy atom. The molecule has 2 N–H and O–H groups in total. The number of hydrogen-bond acceptors (Lipinski definition) is 3. The van der Waals surface area contributed by atoms with E-state index in [9.17, 15) is 8.42 Å². The largest absolute Gasteiger partial charge is 0.332 e. The van der Waals surface area contributed by atoms with Crippen molar-refractivity contribution < 1.29 is 8.42 Å². The highest BCUT2D eigenvalue weighted by Gasteiger charge is 2.28. The van der Waals surface area contributed by atoms with Gasteiger partial charge in [0.1, 0.15) is 5.82 Å². The Hall–Kier alpha value is -0.590. The van der Waals surface area contributed by atoms with Crippen LogP contribution in [0.4, 0.5) is 0 Å². The molecule has 96 valence electrons. The second kappa shape index (κ2) is 4.96. The van der Waals surface area contributed by atoms with Crippen LogP contribution < -0.4 is 4.72 Å². The van der Waals surface area contributed by atoms with Crippen molar-refractivity contribution in [3.8, 4) is 0 Å². The quantitative estimate of drug-likeness (QED) is 0.796. The topological polar surface area (TPSA) is 74.8 Å². The molecular formula is C10H16ClN3O2S. The zero-order chi connectivity index (χ0) is 12.5. The second-order valence-corrected chi connectivity index (χ2v) is 6.69. The van der Waals surface area contributed by atoms with Crippen LogP contribution >= 0.6 is 11.6 Å². The summed E-state index contributed by atoms with van der Waals surface area (Å²) in [6.07, 6.45) is 3.80. The number of rotatable bonds is 5. The van der Waals surface area contributed by atoms with E-state index in [0.29, 0.717) is 24.7 Å². The Morgan fingerprint density at radius 1 is 1.59 bits per heavy atom. The van der Waals surface area contributed by atoms with Gasteiger partial charge in [-0.2, -0.15) is 0 Å². The number of aromatic amines is 1. The molecule has 0 aromatic carbocycles. The van der Waals surface area contributed by atoms with Crippen molar-refractivity contribution in [3.63, 3.8) is 0 Å². The minimum absolute atomic E-state index is 0.135. The Kier molecular flexibility index (Phi) is 3.75. The lowest BCUT2D eigenvalue weighted by Gasteiger charge is -2.30. The van der Waals surface area contributed by atoms with E-state index in [1.54, 1.807) is 0 Å². The number of aryl methyl sites for hydroxylation is 1. The minimum atomic E-state index is -3.45. The highest BCUT2D eigenvalue weighted by molar-refractivity contribution is 7.89. The van der Waals surface area contributed by atoms with Crippen LogP contribution in [0.25, 0.3) is 0 Å². The number of aromatic nitrogens is 2. The van der Waals surface area contributed by atoms with E-state index in [0.717, 1.165) is 12.8 Å². The van der Waals surface area contributed by atoms with Gasteiger partial charge in [0.15, 0.2) is 5.03 Å². The predicted octanol–water partition coefficient (Wildman–Crippen LogP) is 1.27.